The van der Waals surface area contributed by atoms with Crippen LogP contribution in [0.4, 0.5) is 0 Å². The maximum Gasteiger partial charge on any atom is 0.340 e. The normalized spacial score (nSPS) is 13.8. The molecule has 0 saturated carbocycles. The fourth-order valence-corrected chi connectivity index (χ4v) is 2.84. The van der Waals surface area contributed by atoms with Crippen LogP contribution in [0.25, 0.3) is 11.1 Å². The van der Waals surface area contributed by atoms with E-state index in [9.17, 15) is 19.8 Å². The highest BCUT2D eigenvalue weighted by Gasteiger charge is 2.38. The zero-order chi connectivity index (χ0) is 16.8. The Kier molecular flexibility index (Phi) is 2.99. The van der Waals surface area contributed by atoms with Gasteiger partial charge in [-0.2, -0.15) is 0 Å². The van der Waals surface area contributed by atoms with E-state index in [1.165, 1.54) is 12.1 Å². The molecule has 8 heteroatoms. The standard InChI is InChI=1S/C16H10O8/c17-15(18)8-4-2-1-3-7(8)9-10(16(19)20)12-14(24-6-22-12)13-11(9)21-5-23-13/h1-4H,5-6H2,(H,17,18)(H,19,20). The second kappa shape index (κ2) is 5.05. The largest absolute Gasteiger partial charge is 0.478 e. The van der Waals surface area contributed by atoms with Gasteiger partial charge in [-0.1, -0.05) is 18.2 Å². The molecule has 0 bridgehead atoms. The fourth-order valence-electron chi connectivity index (χ4n) is 2.84. The van der Waals surface area contributed by atoms with Crippen LogP contribution in [-0.4, -0.2) is 35.7 Å². The molecule has 122 valence electrons. The van der Waals surface area contributed by atoms with Crippen molar-refractivity contribution in [3.63, 3.8) is 0 Å². The van der Waals surface area contributed by atoms with Crippen molar-refractivity contribution in [3.05, 3.63) is 35.4 Å². The first-order chi connectivity index (χ1) is 11.6. The summed E-state index contributed by atoms with van der Waals surface area (Å²) >= 11 is 0. The first-order valence-electron chi connectivity index (χ1n) is 6.90. The zero-order valence-electron chi connectivity index (χ0n) is 12.1. The van der Waals surface area contributed by atoms with Gasteiger partial charge >= 0.3 is 11.9 Å². The summed E-state index contributed by atoms with van der Waals surface area (Å²) in [4.78, 5) is 23.4. The summed E-state index contributed by atoms with van der Waals surface area (Å²) in [5.74, 6) is -1.98. The van der Waals surface area contributed by atoms with Gasteiger partial charge in [0.1, 0.15) is 5.56 Å². The summed E-state index contributed by atoms with van der Waals surface area (Å²) in [6, 6.07) is 6.06. The quantitative estimate of drug-likeness (QED) is 0.881. The van der Waals surface area contributed by atoms with Gasteiger partial charge in [-0.05, 0) is 6.07 Å². The molecule has 0 aromatic heterocycles. The number of carboxylic acid groups (broad SMARTS) is 2. The van der Waals surface area contributed by atoms with E-state index < -0.39 is 11.9 Å². The molecule has 8 nitrogen and oxygen atoms in total. The van der Waals surface area contributed by atoms with Crippen LogP contribution in [0.2, 0.25) is 0 Å². The smallest absolute Gasteiger partial charge is 0.340 e. The number of ether oxygens (including phenoxy) is 4. The number of hydrogen-bond acceptors (Lipinski definition) is 6. The second-order valence-electron chi connectivity index (χ2n) is 5.04. The summed E-state index contributed by atoms with van der Waals surface area (Å²) in [6.45, 7) is -0.286. The summed E-state index contributed by atoms with van der Waals surface area (Å²) < 4.78 is 21.4. The van der Waals surface area contributed by atoms with Crippen LogP contribution in [-0.2, 0) is 0 Å². The third-order valence-electron chi connectivity index (χ3n) is 3.78. The molecule has 2 aliphatic rings. The molecule has 0 radical (unpaired) electrons. The minimum atomic E-state index is -1.29. The van der Waals surface area contributed by atoms with Crippen LogP contribution >= 0.6 is 0 Å². The SMILES string of the molecule is O=C(O)c1ccccc1-c1c2c(c3c(c1C(=O)O)OCO3)OCO2. The van der Waals surface area contributed by atoms with E-state index in [-0.39, 0.29) is 58.8 Å². The fraction of sp³-hybridized carbons (Fsp3) is 0.125. The van der Waals surface area contributed by atoms with Crippen LogP contribution in [0.5, 0.6) is 23.0 Å². The second-order valence-corrected chi connectivity index (χ2v) is 5.04. The number of aromatic carboxylic acids is 2. The Hall–Kier alpha value is -3.42. The topological polar surface area (TPSA) is 112 Å². The van der Waals surface area contributed by atoms with Crippen molar-refractivity contribution in [2.24, 2.45) is 0 Å². The molecule has 2 aromatic carbocycles. The number of carboxylic acids is 2. The summed E-state index contributed by atoms with van der Waals surface area (Å²) in [6.07, 6.45) is 0. The summed E-state index contributed by atoms with van der Waals surface area (Å²) in [7, 11) is 0. The van der Waals surface area contributed by atoms with Crippen LogP contribution in [0.15, 0.2) is 24.3 Å². The number of fused-ring (bicyclic) bond motifs is 3. The molecule has 0 aliphatic carbocycles. The Labute approximate surface area is 134 Å². The number of benzene rings is 2. The van der Waals surface area contributed by atoms with Crippen molar-refractivity contribution < 1.29 is 38.7 Å². The van der Waals surface area contributed by atoms with Crippen LogP contribution in [0.3, 0.4) is 0 Å². The van der Waals surface area contributed by atoms with Gasteiger partial charge in [-0.15, -0.1) is 0 Å². The number of hydrogen-bond donors (Lipinski definition) is 2. The van der Waals surface area contributed by atoms with Gasteiger partial charge in [0, 0.05) is 11.1 Å². The Morgan fingerprint density at radius 2 is 1.38 bits per heavy atom. The van der Waals surface area contributed by atoms with Gasteiger partial charge in [-0.25, -0.2) is 9.59 Å². The minimum Gasteiger partial charge on any atom is -0.478 e. The zero-order valence-corrected chi connectivity index (χ0v) is 12.1. The number of carbonyl (C=O) groups is 2. The molecule has 0 spiro atoms. The monoisotopic (exact) mass is 330 g/mol. The van der Waals surface area contributed by atoms with Gasteiger partial charge in [-0.3, -0.25) is 0 Å². The lowest BCUT2D eigenvalue weighted by atomic mass is 9.93. The average Bonchev–Trinajstić information content (AvgIpc) is 3.21. The Balaban J connectivity index is 2.12. The van der Waals surface area contributed by atoms with E-state index in [1.807, 2.05) is 0 Å². The van der Waals surface area contributed by atoms with Crippen molar-refractivity contribution in [1.29, 1.82) is 0 Å². The lowest BCUT2D eigenvalue weighted by Crippen LogP contribution is -2.06. The predicted molar refractivity (Wildman–Crippen MR) is 78.0 cm³/mol. The van der Waals surface area contributed by atoms with E-state index >= 15 is 0 Å². The van der Waals surface area contributed by atoms with Crippen LogP contribution in [0, 0.1) is 0 Å². The third kappa shape index (κ3) is 1.86. The molecular weight excluding hydrogens is 320 g/mol. The maximum absolute atomic E-state index is 11.9. The molecule has 24 heavy (non-hydrogen) atoms. The van der Waals surface area contributed by atoms with Crippen molar-refractivity contribution in [2.75, 3.05) is 13.6 Å². The van der Waals surface area contributed by atoms with Crippen LogP contribution < -0.4 is 18.9 Å². The van der Waals surface area contributed by atoms with Crippen molar-refractivity contribution in [3.8, 4) is 34.1 Å². The van der Waals surface area contributed by atoms with Gasteiger partial charge in [0.15, 0.2) is 11.5 Å². The first kappa shape index (κ1) is 14.2. The third-order valence-corrected chi connectivity index (χ3v) is 3.78. The first-order valence-corrected chi connectivity index (χ1v) is 6.90. The van der Waals surface area contributed by atoms with Crippen molar-refractivity contribution in [1.82, 2.24) is 0 Å². The van der Waals surface area contributed by atoms with Crippen molar-refractivity contribution >= 4 is 11.9 Å². The van der Waals surface area contributed by atoms with Crippen LogP contribution in [0.1, 0.15) is 20.7 Å². The molecule has 0 atom stereocenters. The van der Waals surface area contributed by atoms with Gasteiger partial charge in [0.25, 0.3) is 0 Å². The Morgan fingerprint density at radius 1 is 0.792 bits per heavy atom. The molecule has 0 unspecified atom stereocenters. The molecule has 0 saturated heterocycles. The van der Waals surface area contributed by atoms with Gasteiger partial charge < -0.3 is 29.2 Å². The van der Waals surface area contributed by atoms with Gasteiger partial charge in [0.05, 0.1) is 5.56 Å². The lowest BCUT2D eigenvalue weighted by molar-refractivity contribution is 0.0681. The lowest BCUT2D eigenvalue weighted by Gasteiger charge is -2.14. The predicted octanol–water partition coefficient (Wildman–Crippen LogP) is 2.21. The highest BCUT2D eigenvalue weighted by molar-refractivity contribution is 6.07. The molecule has 2 aliphatic heterocycles. The summed E-state index contributed by atoms with van der Waals surface area (Å²) in [5.41, 5.74) is 0.0108. The van der Waals surface area contributed by atoms with E-state index in [0.717, 1.165) is 0 Å². The molecule has 2 aromatic rings. The van der Waals surface area contributed by atoms with E-state index in [2.05, 4.69) is 0 Å². The highest BCUT2D eigenvalue weighted by Crippen LogP contribution is 2.57. The Bertz CT molecular complexity index is 886. The molecule has 0 amide bonds. The molecular formula is C16H10O8. The van der Waals surface area contributed by atoms with Gasteiger partial charge in [0.2, 0.25) is 25.1 Å². The minimum absolute atomic E-state index is 0.00180. The number of rotatable bonds is 3. The highest BCUT2D eigenvalue weighted by atomic mass is 16.7. The van der Waals surface area contributed by atoms with E-state index in [0.29, 0.717) is 0 Å². The molecule has 2 heterocycles. The molecule has 4 rings (SSSR count). The van der Waals surface area contributed by atoms with E-state index in [1.54, 1.807) is 12.1 Å². The summed E-state index contributed by atoms with van der Waals surface area (Å²) in [5, 5.41) is 19.1. The average molecular weight is 330 g/mol. The Morgan fingerprint density at radius 3 is 2.04 bits per heavy atom. The van der Waals surface area contributed by atoms with E-state index in [4.69, 9.17) is 18.9 Å². The van der Waals surface area contributed by atoms with Crippen molar-refractivity contribution in [2.45, 2.75) is 0 Å². The molecule has 0 fully saturated rings. The molecule has 2 N–H and O–H groups in total. The maximum atomic E-state index is 11.9.